The van der Waals surface area contributed by atoms with Crippen molar-refractivity contribution in [3.05, 3.63) is 36.5 Å². The lowest BCUT2D eigenvalue weighted by molar-refractivity contribution is -0.143. The highest BCUT2D eigenvalue weighted by Gasteiger charge is 2.20. The number of allylic oxidation sites excluding steroid dienone is 6. The van der Waals surface area contributed by atoms with Gasteiger partial charge in [0.1, 0.15) is 0 Å². The number of aliphatic hydroxyl groups excluding tert-OH is 2. The number of hydrogen-bond acceptors (Lipinski definition) is 5. The van der Waals surface area contributed by atoms with E-state index in [9.17, 15) is 19.8 Å². The maximum absolute atomic E-state index is 12.5. The molecule has 6 heteroatoms. The first kappa shape index (κ1) is 72.1. The van der Waals surface area contributed by atoms with E-state index in [1.54, 1.807) is 0 Å². The summed E-state index contributed by atoms with van der Waals surface area (Å²) in [6.45, 7) is 4.90. The maximum Gasteiger partial charge on any atom is 0.305 e. The molecule has 2 atom stereocenters. The zero-order chi connectivity index (χ0) is 53.6. The zero-order valence-corrected chi connectivity index (χ0v) is 49.8. The smallest absolute Gasteiger partial charge is 0.305 e. The van der Waals surface area contributed by atoms with Crippen LogP contribution in [0.1, 0.15) is 361 Å². The van der Waals surface area contributed by atoms with Crippen molar-refractivity contribution in [1.29, 1.82) is 0 Å². The summed E-state index contributed by atoms with van der Waals surface area (Å²) in [5.74, 6) is -0.0438. The molecule has 0 aromatic rings. The van der Waals surface area contributed by atoms with E-state index in [0.717, 1.165) is 51.4 Å². The van der Waals surface area contributed by atoms with Crippen molar-refractivity contribution in [2.24, 2.45) is 0 Å². The molecular weight excluding hydrogens is 911 g/mol. The summed E-state index contributed by atoms with van der Waals surface area (Å²) in [7, 11) is 0. The lowest BCUT2D eigenvalue weighted by Crippen LogP contribution is -2.45. The lowest BCUT2D eigenvalue weighted by Gasteiger charge is -2.22. The van der Waals surface area contributed by atoms with Gasteiger partial charge in [-0.25, -0.2) is 0 Å². The Labute approximate surface area is 462 Å². The second-order valence-electron chi connectivity index (χ2n) is 22.8. The van der Waals surface area contributed by atoms with Crippen molar-refractivity contribution >= 4 is 11.9 Å². The summed E-state index contributed by atoms with van der Waals surface area (Å²) >= 11 is 0. The Morgan fingerprint density at radius 2 is 0.703 bits per heavy atom. The number of amides is 1. The Bertz CT molecular complexity index is 1200. The number of aliphatic hydroxyl groups is 2. The predicted molar refractivity (Wildman–Crippen MR) is 324 cm³/mol. The average Bonchev–Trinajstić information content (AvgIpc) is 3.40. The normalized spacial score (nSPS) is 12.8. The third kappa shape index (κ3) is 59.3. The SMILES string of the molecule is CCC/C=C\C/C=C\CCCCCCCC(=O)OCCCCCCCCCCCCC/C=C\CCCCCCCCCC(=O)NC(CO)C(O)CCCCCCCCCCCCCCCCCCCCCCCC. The minimum absolute atomic E-state index is 0.00501. The monoisotopic (exact) mass is 1040 g/mol. The van der Waals surface area contributed by atoms with E-state index in [2.05, 4.69) is 55.6 Å². The molecule has 0 aliphatic heterocycles. The van der Waals surface area contributed by atoms with Gasteiger partial charge in [-0.1, -0.05) is 307 Å². The zero-order valence-electron chi connectivity index (χ0n) is 49.8. The minimum atomic E-state index is -0.670. The second-order valence-corrected chi connectivity index (χ2v) is 22.8. The molecule has 436 valence electrons. The van der Waals surface area contributed by atoms with Gasteiger partial charge >= 0.3 is 5.97 Å². The lowest BCUT2D eigenvalue weighted by atomic mass is 10.0. The molecule has 6 nitrogen and oxygen atoms in total. The van der Waals surface area contributed by atoms with Gasteiger partial charge in [0, 0.05) is 12.8 Å². The standard InChI is InChI=1S/C68H129NO5/c1-3-5-7-9-11-13-15-17-18-19-20-21-24-27-30-33-37-40-44-48-52-56-60-66(71)65(64-70)69-67(72)61-57-53-49-45-41-38-34-31-28-25-22-23-26-29-32-35-39-43-47-51-55-59-63-74-68(73)62-58-54-50-46-42-36-16-14-12-10-8-6-4-2/h8,10,14,16,25,28,65-66,70-71H,3-7,9,11-13,15,17-24,26-27,29-64H2,1-2H3,(H,69,72)/b10-8-,16-14-,28-25-. The van der Waals surface area contributed by atoms with Crippen LogP contribution in [-0.4, -0.2) is 47.4 Å². The van der Waals surface area contributed by atoms with Crippen LogP contribution in [0.15, 0.2) is 36.5 Å². The van der Waals surface area contributed by atoms with Gasteiger partial charge in [0.05, 0.1) is 25.4 Å². The summed E-state index contributed by atoms with van der Waals surface area (Å²) in [4.78, 5) is 24.6. The molecule has 0 bridgehead atoms. The van der Waals surface area contributed by atoms with Crippen LogP contribution in [0.25, 0.3) is 0 Å². The molecule has 0 saturated carbocycles. The van der Waals surface area contributed by atoms with E-state index >= 15 is 0 Å². The van der Waals surface area contributed by atoms with E-state index in [0.29, 0.717) is 25.9 Å². The van der Waals surface area contributed by atoms with E-state index in [1.165, 1.54) is 276 Å². The minimum Gasteiger partial charge on any atom is -0.466 e. The molecule has 0 aromatic carbocycles. The molecule has 74 heavy (non-hydrogen) atoms. The van der Waals surface area contributed by atoms with Gasteiger partial charge in [-0.2, -0.15) is 0 Å². The van der Waals surface area contributed by atoms with Crippen molar-refractivity contribution < 1.29 is 24.5 Å². The molecule has 0 aromatic heterocycles. The number of ether oxygens (including phenoxy) is 1. The van der Waals surface area contributed by atoms with Crippen molar-refractivity contribution in [3.8, 4) is 0 Å². The first-order chi connectivity index (χ1) is 36.5. The van der Waals surface area contributed by atoms with Crippen LogP contribution in [0.3, 0.4) is 0 Å². The third-order valence-electron chi connectivity index (χ3n) is 15.4. The van der Waals surface area contributed by atoms with Gasteiger partial charge in [0.15, 0.2) is 0 Å². The van der Waals surface area contributed by atoms with Gasteiger partial charge in [-0.15, -0.1) is 0 Å². The number of rotatable bonds is 62. The summed E-state index contributed by atoms with van der Waals surface area (Å²) in [5.41, 5.74) is 0. The quantitative estimate of drug-likeness (QED) is 0.0320. The average molecular weight is 1040 g/mol. The van der Waals surface area contributed by atoms with E-state index in [4.69, 9.17) is 4.74 Å². The highest BCUT2D eigenvalue weighted by Crippen LogP contribution is 2.18. The number of carbonyl (C=O) groups excluding carboxylic acids is 2. The highest BCUT2D eigenvalue weighted by molar-refractivity contribution is 5.76. The van der Waals surface area contributed by atoms with Gasteiger partial charge < -0.3 is 20.3 Å². The molecule has 0 radical (unpaired) electrons. The van der Waals surface area contributed by atoms with E-state index in [-0.39, 0.29) is 18.5 Å². The van der Waals surface area contributed by atoms with Gasteiger partial charge in [-0.05, 0) is 77.0 Å². The van der Waals surface area contributed by atoms with Gasteiger partial charge in [0.2, 0.25) is 5.91 Å². The Morgan fingerprint density at radius 3 is 1.09 bits per heavy atom. The predicted octanol–water partition coefficient (Wildman–Crippen LogP) is 21.1. The molecule has 3 N–H and O–H groups in total. The molecule has 2 unspecified atom stereocenters. The number of unbranched alkanes of at least 4 members (excludes halogenated alkanes) is 45. The Kier molecular flexibility index (Phi) is 62.0. The fourth-order valence-electron chi connectivity index (χ4n) is 10.3. The Hall–Kier alpha value is -1.92. The Balaban J connectivity index is 3.43. The molecule has 0 fully saturated rings. The first-order valence-corrected chi connectivity index (χ1v) is 33.2. The summed E-state index contributed by atoms with van der Waals surface area (Å²) in [6.07, 6.45) is 80.3. The van der Waals surface area contributed by atoms with Crippen LogP contribution in [0.2, 0.25) is 0 Å². The van der Waals surface area contributed by atoms with Gasteiger partial charge in [-0.3, -0.25) is 9.59 Å². The van der Waals surface area contributed by atoms with Crippen molar-refractivity contribution in [3.63, 3.8) is 0 Å². The molecular formula is C68H129NO5. The van der Waals surface area contributed by atoms with Crippen molar-refractivity contribution in [1.82, 2.24) is 5.32 Å². The van der Waals surface area contributed by atoms with Crippen LogP contribution in [-0.2, 0) is 14.3 Å². The molecule has 0 saturated heterocycles. The molecule has 0 heterocycles. The molecule has 0 aliphatic carbocycles. The first-order valence-electron chi connectivity index (χ1n) is 33.2. The van der Waals surface area contributed by atoms with Crippen molar-refractivity contribution in [2.75, 3.05) is 13.2 Å². The number of nitrogens with one attached hydrogen (secondary N) is 1. The molecule has 0 rings (SSSR count). The van der Waals surface area contributed by atoms with Crippen LogP contribution >= 0.6 is 0 Å². The van der Waals surface area contributed by atoms with Gasteiger partial charge in [0.25, 0.3) is 0 Å². The highest BCUT2D eigenvalue weighted by atomic mass is 16.5. The molecule has 1 amide bonds. The Morgan fingerprint density at radius 1 is 0.378 bits per heavy atom. The van der Waals surface area contributed by atoms with Crippen LogP contribution in [0.4, 0.5) is 0 Å². The van der Waals surface area contributed by atoms with Crippen LogP contribution in [0.5, 0.6) is 0 Å². The number of esters is 1. The van der Waals surface area contributed by atoms with Crippen LogP contribution in [0, 0.1) is 0 Å². The maximum atomic E-state index is 12.5. The van der Waals surface area contributed by atoms with Crippen LogP contribution < -0.4 is 5.32 Å². The number of carbonyl (C=O) groups is 2. The third-order valence-corrected chi connectivity index (χ3v) is 15.4. The number of hydrogen-bond donors (Lipinski definition) is 3. The van der Waals surface area contributed by atoms with E-state index in [1.807, 2.05) is 0 Å². The molecule has 0 aliphatic rings. The summed E-state index contributed by atoms with van der Waals surface area (Å²) in [6, 6.07) is -0.548. The van der Waals surface area contributed by atoms with Crippen molar-refractivity contribution in [2.45, 2.75) is 373 Å². The van der Waals surface area contributed by atoms with E-state index < -0.39 is 12.1 Å². The largest absolute Gasteiger partial charge is 0.466 e. The fourth-order valence-corrected chi connectivity index (χ4v) is 10.3. The fraction of sp³-hybridized carbons (Fsp3) is 0.882. The second kappa shape index (κ2) is 63.6. The summed E-state index contributed by atoms with van der Waals surface area (Å²) < 4.78 is 5.47. The summed E-state index contributed by atoms with van der Waals surface area (Å²) in [5, 5.41) is 23.4. The molecule has 0 spiro atoms. The topological polar surface area (TPSA) is 95.9 Å².